The molecule has 5 heteroatoms. The molecule has 0 aliphatic heterocycles. The highest BCUT2D eigenvalue weighted by Crippen LogP contribution is 2.35. The monoisotopic (exact) mass is 336 g/mol. The minimum atomic E-state index is -0.190. The maximum Gasteiger partial charge on any atom is 0.145 e. The third-order valence-electron chi connectivity index (χ3n) is 5.46. The highest BCUT2D eigenvalue weighted by Gasteiger charge is 2.26. The van der Waals surface area contributed by atoms with E-state index in [9.17, 15) is 5.11 Å². The summed E-state index contributed by atoms with van der Waals surface area (Å²) in [6.07, 6.45) is 6.22. The van der Waals surface area contributed by atoms with Crippen molar-refractivity contribution in [3.63, 3.8) is 0 Å². The average molecular weight is 336 g/mol. The van der Waals surface area contributed by atoms with Crippen LogP contribution in [0.5, 0.6) is 0 Å². The van der Waals surface area contributed by atoms with Gasteiger partial charge in [0.1, 0.15) is 17.8 Å². The lowest BCUT2D eigenvalue weighted by Gasteiger charge is -2.27. The smallest absolute Gasteiger partial charge is 0.145 e. The van der Waals surface area contributed by atoms with Gasteiger partial charge in [-0.05, 0) is 37.8 Å². The average Bonchev–Trinajstić information content (AvgIpc) is 3.27. The summed E-state index contributed by atoms with van der Waals surface area (Å²) in [6, 6.07) is 13.1. The van der Waals surface area contributed by atoms with E-state index in [0.29, 0.717) is 6.04 Å². The Bertz CT molecular complexity index is 861. The van der Waals surface area contributed by atoms with Crippen molar-refractivity contribution in [3.8, 4) is 0 Å². The molecule has 1 aromatic carbocycles. The van der Waals surface area contributed by atoms with Gasteiger partial charge in [0, 0.05) is 19.3 Å². The van der Waals surface area contributed by atoms with Crippen LogP contribution in [0.4, 0.5) is 5.82 Å². The summed E-state index contributed by atoms with van der Waals surface area (Å²) < 4.78 is 2.21. The van der Waals surface area contributed by atoms with Gasteiger partial charge in [-0.15, -0.1) is 0 Å². The first-order chi connectivity index (χ1) is 12.1. The first-order valence-electron chi connectivity index (χ1n) is 8.92. The van der Waals surface area contributed by atoms with E-state index >= 15 is 0 Å². The predicted octanol–water partition coefficient (Wildman–Crippen LogP) is 3.71. The van der Waals surface area contributed by atoms with Gasteiger partial charge in [0.2, 0.25) is 0 Å². The summed E-state index contributed by atoms with van der Waals surface area (Å²) in [5.74, 6) is 0.943. The van der Waals surface area contributed by atoms with E-state index in [1.165, 1.54) is 5.56 Å². The summed E-state index contributed by atoms with van der Waals surface area (Å²) in [5.41, 5.74) is 2.21. The van der Waals surface area contributed by atoms with Crippen LogP contribution in [-0.2, 0) is 0 Å². The summed E-state index contributed by atoms with van der Waals surface area (Å²) in [4.78, 5) is 11.3. The predicted molar refractivity (Wildman–Crippen MR) is 99.7 cm³/mol. The van der Waals surface area contributed by atoms with Crippen LogP contribution in [0.3, 0.4) is 0 Å². The number of rotatable bonds is 4. The molecule has 0 radical (unpaired) electrons. The quantitative estimate of drug-likeness (QED) is 0.789. The zero-order valence-corrected chi connectivity index (χ0v) is 14.7. The molecule has 1 saturated carbocycles. The second-order valence-corrected chi connectivity index (χ2v) is 6.98. The largest absolute Gasteiger partial charge is 0.393 e. The number of benzene rings is 1. The van der Waals surface area contributed by atoms with Gasteiger partial charge in [0.05, 0.1) is 17.5 Å². The van der Waals surface area contributed by atoms with Crippen molar-refractivity contribution in [2.24, 2.45) is 0 Å². The molecule has 1 aliphatic rings. The molecular weight excluding hydrogens is 312 g/mol. The molecule has 0 bridgehead atoms. The molecule has 3 atom stereocenters. The SMILES string of the molecule is C[C@@H](c1ccccc1)N(C)c1ncnc2c1ccn2[C@@H]1CC[C@@H](O)C1. The lowest BCUT2D eigenvalue weighted by Crippen LogP contribution is -2.23. The fourth-order valence-corrected chi connectivity index (χ4v) is 3.86. The number of aromatic nitrogens is 3. The molecule has 1 N–H and O–H groups in total. The minimum Gasteiger partial charge on any atom is -0.393 e. The van der Waals surface area contributed by atoms with E-state index in [4.69, 9.17) is 0 Å². The van der Waals surface area contributed by atoms with E-state index < -0.39 is 0 Å². The second kappa shape index (κ2) is 6.48. The zero-order valence-electron chi connectivity index (χ0n) is 14.7. The topological polar surface area (TPSA) is 54.2 Å². The molecular formula is C20H24N4O. The van der Waals surface area contributed by atoms with Gasteiger partial charge in [0.25, 0.3) is 0 Å². The van der Waals surface area contributed by atoms with Gasteiger partial charge >= 0.3 is 0 Å². The van der Waals surface area contributed by atoms with Crippen LogP contribution in [0.15, 0.2) is 48.9 Å². The van der Waals surface area contributed by atoms with Crippen LogP contribution in [0.1, 0.15) is 43.8 Å². The number of nitrogens with zero attached hydrogens (tertiary/aromatic N) is 4. The first-order valence-corrected chi connectivity index (χ1v) is 8.92. The van der Waals surface area contributed by atoms with E-state index in [1.807, 2.05) is 6.07 Å². The Morgan fingerprint density at radius 3 is 2.68 bits per heavy atom. The number of hydrogen-bond donors (Lipinski definition) is 1. The van der Waals surface area contributed by atoms with Gasteiger partial charge in [-0.1, -0.05) is 30.3 Å². The number of aliphatic hydroxyl groups is 1. The van der Waals surface area contributed by atoms with Crippen molar-refractivity contribution in [1.82, 2.24) is 14.5 Å². The Balaban J connectivity index is 1.70. The molecule has 0 spiro atoms. The van der Waals surface area contributed by atoms with Gasteiger partial charge in [-0.2, -0.15) is 0 Å². The lowest BCUT2D eigenvalue weighted by molar-refractivity contribution is 0.178. The molecule has 0 amide bonds. The number of hydrogen-bond acceptors (Lipinski definition) is 4. The van der Waals surface area contributed by atoms with Crippen LogP contribution in [0, 0.1) is 0 Å². The van der Waals surface area contributed by atoms with Crippen LogP contribution >= 0.6 is 0 Å². The molecule has 5 nitrogen and oxygen atoms in total. The van der Waals surface area contributed by atoms with Crippen LogP contribution < -0.4 is 4.90 Å². The van der Waals surface area contributed by atoms with Crippen LogP contribution in [0.25, 0.3) is 11.0 Å². The van der Waals surface area contributed by atoms with Gasteiger partial charge in [-0.25, -0.2) is 9.97 Å². The zero-order chi connectivity index (χ0) is 17.4. The van der Waals surface area contributed by atoms with Gasteiger partial charge in [0.15, 0.2) is 0 Å². The van der Waals surface area contributed by atoms with E-state index in [-0.39, 0.29) is 12.1 Å². The third-order valence-corrected chi connectivity index (χ3v) is 5.46. The van der Waals surface area contributed by atoms with Gasteiger partial charge in [-0.3, -0.25) is 0 Å². The standard InChI is InChI=1S/C20H24N4O/c1-14(15-6-4-3-5-7-15)23(2)19-18-10-11-24(20(18)22-13-21-19)16-8-9-17(25)12-16/h3-7,10-11,13-14,16-17,25H,8-9,12H2,1-2H3/t14-,16+,17+/m0/s1. The fourth-order valence-electron chi connectivity index (χ4n) is 3.86. The second-order valence-electron chi connectivity index (χ2n) is 6.98. The van der Waals surface area contributed by atoms with Crippen molar-refractivity contribution in [2.75, 3.05) is 11.9 Å². The molecule has 2 heterocycles. The fraction of sp³-hybridized carbons (Fsp3) is 0.400. The number of anilines is 1. The maximum atomic E-state index is 9.86. The summed E-state index contributed by atoms with van der Waals surface area (Å²) in [5, 5.41) is 10.9. The maximum absolute atomic E-state index is 9.86. The molecule has 25 heavy (non-hydrogen) atoms. The summed E-state index contributed by atoms with van der Waals surface area (Å²) in [6.45, 7) is 2.19. The Kier molecular flexibility index (Phi) is 4.17. The Hall–Kier alpha value is -2.40. The molecule has 2 aromatic heterocycles. The Morgan fingerprint density at radius 1 is 1.16 bits per heavy atom. The van der Waals surface area contributed by atoms with Crippen molar-refractivity contribution >= 4 is 16.9 Å². The molecule has 1 fully saturated rings. The first kappa shape index (κ1) is 16.1. The van der Waals surface area contributed by atoms with E-state index in [2.05, 4.69) is 69.9 Å². The summed E-state index contributed by atoms with van der Waals surface area (Å²) >= 11 is 0. The van der Waals surface area contributed by atoms with Gasteiger partial charge < -0.3 is 14.6 Å². The number of fused-ring (bicyclic) bond motifs is 1. The molecule has 0 saturated heterocycles. The van der Waals surface area contributed by atoms with Crippen molar-refractivity contribution in [2.45, 2.75) is 44.4 Å². The molecule has 0 unspecified atom stereocenters. The highest BCUT2D eigenvalue weighted by atomic mass is 16.3. The van der Waals surface area contributed by atoms with Crippen molar-refractivity contribution in [3.05, 3.63) is 54.5 Å². The molecule has 3 aromatic rings. The van der Waals surface area contributed by atoms with E-state index in [1.54, 1.807) is 6.33 Å². The van der Waals surface area contributed by atoms with Crippen molar-refractivity contribution in [1.29, 1.82) is 0 Å². The lowest BCUT2D eigenvalue weighted by atomic mass is 10.1. The third kappa shape index (κ3) is 2.89. The Morgan fingerprint density at radius 2 is 1.96 bits per heavy atom. The molecule has 4 rings (SSSR count). The Labute approximate surface area is 147 Å². The number of aliphatic hydroxyl groups excluding tert-OH is 1. The normalized spacial score (nSPS) is 21.6. The van der Waals surface area contributed by atoms with Crippen molar-refractivity contribution < 1.29 is 5.11 Å². The molecule has 1 aliphatic carbocycles. The van der Waals surface area contributed by atoms with Crippen LogP contribution in [-0.4, -0.2) is 32.8 Å². The molecule has 130 valence electrons. The summed E-state index contributed by atoms with van der Waals surface area (Å²) in [7, 11) is 2.08. The minimum absolute atomic E-state index is 0.190. The highest BCUT2D eigenvalue weighted by molar-refractivity contribution is 5.88. The van der Waals surface area contributed by atoms with Crippen LogP contribution in [0.2, 0.25) is 0 Å². The van der Waals surface area contributed by atoms with E-state index in [0.717, 1.165) is 36.1 Å².